The highest BCUT2D eigenvalue weighted by molar-refractivity contribution is 9.10. The summed E-state index contributed by atoms with van der Waals surface area (Å²) >= 11 is 3.48. The molecule has 1 aromatic carbocycles. The molecule has 2 aromatic heterocycles. The van der Waals surface area contributed by atoms with Gasteiger partial charge < -0.3 is 5.32 Å². The summed E-state index contributed by atoms with van der Waals surface area (Å²) in [5.41, 5.74) is 2.12. The van der Waals surface area contributed by atoms with Crippen molar-refractivity contribution in [2.75, 3.05) is 5.32 Å². The maximum atomic E-state index is 12.5. The van der Waals surface area contributed by atoms with E-state index in [0.717, 1.165) is 15.4 Å². The first-order chi connectivity index (χ1) is 10.1. The van der Waals surface area contributed by atoms with Gasteiger partial charge in [0.05, 0.1) is 17.3 Å². The monoisotopic (exact) mass is 344 g/mol. The van der Waals surface area contributed by atoms with Gasteiger partial charge in [-0.2, -0.15) is 5.10 Å². The molecule has 0 saturated carbocycles. The van der Waals surface area contributed by atoms with Gasteiger partial charge in [-0.25, -0.2) is 0 Å². The number of pyridine rings is 1. The van der Waals surface area contributed by atoms with E-state index in [0.29, 0.717) is 16.9 Å². The number of carbonyl (C=O) groups is 1. The average Bonchev–Trinajstić information content (AvgIpc) is 2.80. The van der Waals surface area contributed by atoms with Crippen LogP contribution in [0.25, 0.3) is 10.9 Å². The number of fused-ring (bicyclic) bond motifs is 1. The van der Waals surface area contributed by atoms with Crippen LogP contribution in [-0.2, 0) is 7.05 Å². The molecule has 3 aromatic rings. The lowest BCUT2D eigenvalue weighted by Crippen LogP contribution is -2.16. The van der Waals surface area contributed by atoms with Crippen molar-refractivity contribution in [2.45, 2.75) is 6.92 Å². The van der Waals surface area contributed by atoms with E-state index in [4.69, 9.17) is 0 Å². The number of aryl methyl sites for hydroxylation is 2. The molecule has 0 spiro atoms. The van der Waals surface area contributed by atoms with Gasteiger partial charge in [-0.15, -0.1) is 0 Å². The summed E-state index contributed by atoms with van der Waals surface area (Å²) in [4.78, 5) is 16.9. The van der Waals surface area contributed by atoms with Crippen molar-refractivity contribution in [1.82, 2.24) is 14.8 Å². The van der Waals surface area contributed by atoms with Gasteiger partial charge in [0.25, 0.3) is 5.91 Å². The third-order valence-electron chi connectivity index (χ3n) is 3.31. The number of amides is 1. The number of hydrogen-bond acceptors (Lipinski definition) is 3. The van der Waals surface area contributed by atoms with Gasteiger partial charge in [0.2, 0.25) is 0 Å². The molecule has 0 atom stereocenters. The van der Waals surface area contributed by atoms with Gasteiger partial charge in [-0.05, 0) is 25.1 Å². The predicted molar refractivity (Wildman–Crippen MR) is 85.3 cm³/mol. The van der Waals surface area contributed by atoms with E-state index in [1.54, 1.807) is 30.2 Å². The van der Waals surface area contributed by atoms with Crippen molar-refractivity contribution in [1.29, 1.82) is 0 Å². The summed E-state index contributed by atoms with van der Waals surface area (Å²) in [6.45, 7) is 1.90. The number of halogens is 1. The molecule has 1 N–H and O–H groups in total. The molecule has 0 saturated heterocycles. The van der Waals surface area contributed by atoms with Crippen LogP contribution in [0.5, 0.6) is 0 Å². The predicted octanol–water partition coefficient (Wildman–Crippen LogP) is 3.29. The van der Waals surface area contributed by atoms with Crippen molar-refractivity contribution in [2.24, 2.45) is 7.05 Å². The van der Waals surface area contributed by atoms with Crippen molar-refractivity contribution >= 4 is 38.6 Å². The quantitative estimate of drug-likeness (QED) is 0.775. The van der Waals surface area contributed by atoms with E-state index >= 15 is 0 Å². The Labute approximate surface area is 130 Å². The SMILES string of the molecule is Cc1cnn(C)c1NC(=O)c1ccc(Br)c2cccnc12. The van der Waals surface area contributed by atoms with E-state index in [2.05, 4.69) is 31.3 Å². The van der Waals surface area contributed by atoms with Crippen molar-refractivity contribution < 1.29 is 4.79 Å². The van der Waals surface area contributed by atoms with Crippen molar-refractivity contribution in [3.8, 4) is 0 Å². The molecule has 6 heteroatoms. The standard InChI is InChI=1S/C15H13BrN4O/c1-9-8-18-20(2)14(9)19-15(21)11-5-6-12(16)10-4-3-7-17-13(10)11/h3-8H,1-2H3,(H,19,21). The molecule has 21 heavy (non-hydrogen) atoms. The molecular formula is C15H13BrN4O. The third-order valence-corrected chi connectivity index (χ3v) is 4.01. The molecule has 0 unspecified atom stereocenters. The zero-order valence-electron chi connectivity index (χ0n) is 11.6. The van der Waals surface area contributed by atoms with E-state index in [1.807, 2.05) is 25.1 Å². The number of nitrogens with one attached hydrogen (secondary N) is 1. The Morgan fingerprint density at radius 3 is 2.86 bits per heavy atom. The Balaban J connectivity index is 2.05. The third kappa shape index (κ3) is 2.42. The number of hydrogen-bond donors (Lipinski definition) is 1. The minimum atomic E-state index is -0.196. The van der Waals surface area contributed by atoms with Crippen LogP contribution < -0.4 is 5.32 Å². The zero-order chi connectivity index (χ0) is 15.0. The Bertz CT molecular complexity index is 821. The Kier molecular flexibility index (Phi) is 3.47. The highest BCUT2D eigenvalue weighted by atomic mass is 79.9. The molecule has 3 rings (SSSR count). The first-order valence-corrected chi connectivity index (χ1v) is 7.20. The van der Waals surface area contributed by atoms with Crippen LogP contribution in [0.2, 0.25) is 0 Å². The van der Waals surface area contributed by atoms with Gasteiger partial charge in [0, 0.05) is 28.7 Å². The van der Waals surface area contributed by atoms with Gasteiger partial charge >= 0.3 is 0 Å². The summed E-state index contributed by atoms with van der Waals surface area (Å²) < 4.78 is 2.56. The molecule has 2 heterocycles. The largest absolute Gasteiger partial charge is 0.306 e. The fraction of sp³-hybridized carbons (Fsp3) is 0.133. The van der Waals surface area contributed by atoms with Crippen LogP contribution in [0.3, 0.4) is 0 Å². The molecule has 0 fully saturated rings. The second-order valence-corrected chi connectivity index (χ2v) is 5.60. The first-order valence-electron chi connectivity index (χ1n) is 6.41. The van der Waals surface area contributed by atoms with Gasteiger partial charge in [-0.3, -0.25) is 14.5 Å². The number of benzene rings is 1. The molecule has 1 amide bonds. The molecule has 0 aliphatic carbocycles. The van der Waals surface area contributed by atoms with E-state index in [9.17, 15) is 4.79 Å². The van der Waals surface area contributed by atoms with Crippen molar-refractivity contribution in [3.63, 3.8) is 0 Å². The highest BCUT2D eigenvalue weighted by Gasteiger charge is 2.15. The second-order valence-electron chi connectivity index (χ2n) is 4.75. The topological polar surface area (TPSA) is 59.8 Å². The lowest BCUT2D eigenvalue weighted by molar-refractivity contribution is 0.102. The van der Waals surface area contributed by atoms with Gasteiger partial charge in [-0.1, -0.05) is 22.0 Å². The van der Waals surface area contributed by atoms with Crippen LogP contribution in [-0.4, -0.2) is 20.7 Å². The highest BCUT2D eigenvalue weighted by Crippen LogP contribution is 2.26. The van der Waals surface area contributed by atoms with E-state index in [1.165, 1.54) is 0 Å². The van der Waals surface area contributed by atoms with Crippen molar-refractivity contribution in [3.05, 3.63) is 52.3 Å². The summed E-state index contributed by atoms with van der Waals surface area (Å²) in [7, 11) is 1.79. The van der Waals surface area contributed by atoms with Crippen LogP contribution in [0.15, 0.2) is 41.1 Å². The minimum absolute atomic E-state index is 0.196. The van der Waals surface area contributed by atoms with Crippen LogP contribution in [0, 0.1) is 6.92 Å². The van der Waals surface area contributed by atoms with Crippen LogP contribution in [0.1, 0.15) is 15.9 Å². The minimum Gasteiger partial charge on any atom is -0.306 e. The number of nitrogens with zero attached hydrogens (tertiary/aromatic N) is 3. The van der Waals surface area contributed by atoms with Gasteiger partial charge in [0.15, 0.2) is 0 Å². The summed E-state index contributed by atoms with van der Waals surface area (Å²) in [6, 6.07) is 7.40. The lowest BCUT2D eigenvalue weighted by Gasteiger charge is -2.09. The normalized spacial score (nSPS) is 10.8. The fourth-order valence-electron chi connectivity index (χ4n) is 2.22. The number of anilines is 1. The van der Waals surface area contributed by atoms with Crippen LogP contribution in [0.4, 0.5) is 5.82 Å². The number of rotatable bonds is 2. The summed E-state index contributed by atoms with van der Waals surface area (Å²) in [5.74, 6) is 0.491. The molecule has 106 valence electrons. The zero-order valence-corrected chi connectivity index (χ0v) is 13.2. The molecule has 5 nitrogen and oxygen atoms in total. The molecule has 0 aliphatic heterocycles. The second kappa shape index (κ2) is 5.29. The Hall–Kier alpha value is -2.21. The summed E-state index contributed by atoms with van der Waals surface area (Å²) in [5, 5.41) is 7.92. The molecule has 0 bridgehead atoms. The van der Waals surface area contributed by atoms with Crippen LogP contribution >= 0.6 is 15.9 Å². The number of carbonyl (C=O) groups excluding carboxylic acids is 1. The first kappa shape index (κ1) is 13.8. The summed E-state index contributed by atoms with van der Waals surface area (Å²) in [6.07, 6.45) is 3.40. The fourth-order valence-corrected chi connectivity index (χ4v) is 2.67. The lowest BCUT2D eigenvalue weighted by atomic mass is 10.1. The number of aromatic nitrogens is 3. The maximum Gasteiger partial charge on any atom is 0.259 e. The Morgan fingerprint density at radius 2 is 2.14 bits per heavy atom. The van der Waals surface area contributed by atoms with Gasteiger partial charge in [0.1, 0.15) is 5.82 Å². The maximum absolute atomic E-state index is 12.5. The van der Waals surface area contributed by atoms with E-state index < -0.39 is 0 Å². The molecule has 0 aliphatic rings. The van der Waals surface area contributed by atoms with E-state index in [-0.39, 0.29) is 5.91 Å². The smallest absolute Gasteiger partial charge is 0.259 e. The molecule has 0 radical (unpaired) electrons. The Morgan fingerprint density at radius 1 is 1.33 bits per heavy atom. The average molecular weight is 345 g/mol. The molecular weight excluding hydrogens is 332 g/mol.